The zero-order valence-corrected chi connectivity index (χ0v) is 15.4. The molecular weight excluding hydrogens is 318 g/mol. The summed E-state index contributed by atoms with van der Waals surface area (Å²) >= 11 is 0. The number of aromatic nitrogens is 2. The maximum atomic E-state index is 5.31. The lowest BCUT2D eigenvalue weighted by molar-refractivity contribution is 0.152. The van der Waals surface area contributed by atoms with Gasteiger partial charge in [-0.2, -0.15) is 0 Å². The van der Waals surface area contributed by atoms with Crippen molar-refractivity contribution in [2.75, 3.05) is 71.0 Å². The minimum Gasteiger partial charge on any atom is -0.380 e. The topological polar surface area (TPSA) is 77.9 Å². The molecule has 0 unspecified atom stereocenters. The van der Waals surface area contributed by atoms with E-state index in [4.69, 9.17) is 4.74 Å². The summed E-state index contributed by atoms with van der Waals surface area (Å²) in [6.45, 7) is 10.3. The number of rotatable bonds is 9. The predicted molar refractivity (Wildman–Crippen MR) is 101 cm³/mol. The molecule has 2 rings (SSSR count). The van der Waals surface area contributed by atoms with Crippen molar-refractivity contribution in [3.63, 3.8) is 0 Å². The molecule has 1 aromatic rings. The van der Waals surface area contributed by atoms with Crippen molar-refractivity contribution < 1.29 is 4.74 Å². The maximum absolute atomic E-state index is 5.31. The number of piperazine rings is 1. The Balaban J connectivity index is 1.55. The summed E-state index contributed by atoms with van der Waals surface area (Å²) in [4.78, 5) is 17.6. The monoisotopic (exact) mass is 349 g/mol. The smallest absolute Gasteiger partial charge is 0.225 e. The van der Waals surface area contributed by atoms with E-state index in [1.54, 1.807) is 19.4 Å². The minimum atomic E-state index is 0.701. The molecule has 0 bridgehead atoms. The Morgan fingerprint density at radius 2 is 1.88 bits per heavy atom. The lowest BCUT2D eigenvalue weighted by Gasteiger charge is -2.34. The fraction of sp³-hybridized carbons (Fsp3) is 0.706. The van der Waals surface area contributed by atoms with Crippen LogP contribution in [0.15, 0.2) is 23.5 Å². The Hall–Kier alpha value is -1.93. The summed E-state index contributed by atoms with van der Waals surface area (Å²) in [6.07, 6.45) is 4.69. The molecule has 8 heteroatoms. The number of ether oxygens (including phenoxy) is 1. The summed E-state index contributed by atoms with van der Waals surface area (Å²) in [5, 5.41) is 6.59. The van der Waals surface area contributed by atoms with Gasteiger partial charge in [0.05, 0.1) is 6.61 Å². The van der Waals surface area contributed by atoms with Crippen LogP contribution in [0.5, 0.6) is 0 Å². The van der Waals surface area contributed by atoms with Gasteiger partial charge in [-0.1, -0.05) is 0 Å². The SMILES string of the molecule is CCOCCNC(=NC)NCCCN1CCN(c2ncccn2)CC1. The van der Waals surface area contributed by atoms with Gasteiger partial charge in [0, 0.05) is 65.3 Å². The van der Waals surface area contributed by atoms with Crippen LogP contribution < -0.4 is 15.5 Å². The second kappa shape index (κ2) is 11.6. The molecule has 140 valence electrons. The second-order valence-electron chi connectivity index (χ2n) is 5.85. The molecule has 1 aliphatic heterocycles. The van der Waals surface area contributed by atoms with Crippen LogP contribution in [0.3, 0.4) is 0 Å². The molecule has 0 amide bonds. The van der Waals surface area contributed by atoms with Gasteiger partial charge in [0.2, 0.25) is 5.95 Å². The highest BCUT2D eigenvalue weighted by molar-refractivity contribution is 5.79. The molecule has 2 N–H and O–H groups in total. The number of hydrogen-bond acceptors (Lipinski definition) is 6. The molecule has 1 fully saturated rings. The van der Waals surface area contributed by atoms with Crippen molar-refractivity contribution in [1.82, 2.24) is 25.5 Å². The molecule has 0 aliphatic carbocycles. The summed E-state index contributed by atoms with van der Waals surface area (Å²) in [6, 6.07) is 1.85. The average Bonchev–Trinajstić information content (AvgIpc) is 2.68. The molecule has 0 aromatic carbocycles. The first-order valence-electron chi connectivity index (χ1n) is 9.10. The van der Waals surface area contributed by atoms with Crippen LogP contribution in [0.1, 0.15) is 13.3 Å². The van der Waals surface area contributed by atoms with Crippen LogP contribution >= 0.6 is 0 Å². The summed E-state index contributed by atoms with van der Waals surface area (Å²) in [5.41, 5.74) is 0. The van der Waals surface area contributed by atoms with Crippen molar-refractivity contribution in [1.29, 1.82) is 0 Å². The van der Waals surface area contributed by atoms with Gasteiger partial charge in [0.1, 0.15) is 0 Å². The van der Waals surface area contributed by atoms with Gasteiger partial charge < -0.3 is 20.3 Å². The summed E-state index contributed by atoms with van der Waals surface area (Å²) in [5.74, 6) is 1.68. The van der Waals surface area contributed by atoms with E-state index >= 15 is 0 Å². The van der Waals surface area contributed by atoms with Gasteiger partial charge in [0.15, 0.2) is 5.96 Å². The Morgan fingerprint density at radius 1 is 1.16 bits per heavy atom. The van der Waals surface area contributed by atoms with E-state index in [2.05, 4.69) is 35.4 Å². The first-order valence-corrected chi connectivity index (χ1v) is 9.10. The molecule has 2 heterocycles. The number of aliphatic imine (C=N–C) groups is 1. The quantitative estimate of drug-likeness (QED) is 0.374. The van der Waals surface area contributed by atoms with Crippen LogP contribution in [-0.2, 0) is 4.74 Å². The highest BCUT2D eigenvalue weighted by Crippen LogP contribution is 2.09. The van der Waals surface area contributed by atoms with Crippen LogP contribution in [0.4, 0.5) is 5.95 Å². The Labute approximate surface area is 150 Å². The average molecular weight is 349 g/mol. The number of hydrogen-bond donors (Lipinski definition) is 2. The highest BCUT2D eigenvalue weighted by atomic mass is 16.5. The number of nitrogens with zero attached hydrogens (tertiary/aromatic N) is 5. The zero-order chi connectivity index (χ0) is 17.7. The Bertz CT molecular complexity index is 489. The molecule has 0 spiro atoms. The molecule has 0 atom stereocenters. The molecule has 8 nitrogen and oxygen atoms in total. The molecule has 0 saturated carbocycles. The van der Waals surface area contributed by atoms with E-state index in [0.717, 1.165) is 70.7 Å². The van der Waals surface area contributed by atoms with Crippen molar-refractivity contribution >= 4 is 11.9 Å². The van der Waals surface area contributed by atoms with Gasteiger partial charge in [-0.25, -0.2) is 9.97 Å². The van der Waals surface area contributed by atoms with Gasteiger partial charge in [0.25, 0.3) is 0 Å². The Kier molecular flexibility index (Phi) is 9.00. The van der Waals surface area contributed by atoms with Gasteiger partial charge in [-0.05, 0) is 26.0 Å². The Morgan fingerprint density at radius 3 is 2.56 bits per heavy atom. The van der Waals surface area contributed by atoms with E-state index in [0.29, 0.717) is 6.61 Å². The van der Waals surface area contributed by atoms with Crippen molar-refractivity contribution in [3.8, 4) is 0 Å². The third-order valence-electron chi connectivity index (χ3n) is 4.12. The van der Waals surface area contributed by atoms with Crippen molar-refractivity contribution in [2.24, 2.45) is 4.99 Å². The van der Waals surface area contributed by atoms with Crippen LogP contribution in [0, 0.1) is 0 Å². The summed E-state index contributed by atoms with van der Waals surface area (Å²) < 4.78 is 5.31. The van der Waals surface area contributed by atoms with Crippen LogP contribution in [-0.4, -0.2) is 86.9 Å². The maximum Gasteiger partial charge on any atom is 0.225 e. The van der Waals surface area contributed by atoms with Crippen LogP contribution in [0.2, 0.25) is 0 Å². The van der Waals surface area contributed by atoms with E-state index in [-0.39, 0.29) is 0 Å². The predicted octanol–water partition coefficient (Wildman–Crippen LogP) is 0.190. The van der Waals surface area contributed by atoms with E-state index in [9.17, 15) is 0 Å². The summed E-state index contributed by atoms with van der Waals surface area (Å²) in [7, 11) is 1.79. The molecule has 0 radical (unpaired) electrons. The molecule has 1 aliphatic rings. The third kappa shape index (κ3) is 7.23. The van der Waals surface area contributed by atoms with Crippen molar-refractivity contribution in [2.45, 2.75) is 13.3 Å². The normalized spacial score (nSPS) is 16.1. The lowest BCUT2D eigenvalue weighted by Crippen LogP contribution is -2.47. The van der Waals surface area contributed by atoms with E-state index in [1.165, 1.54) is 0 Å². The van der Waals surface area contributed by atoms with Crippen molar-refractivity contribution in [3.05, 3.63) is 18.5 Å². The second-order valence-corrected chi connectivity index (χ2v) is 5.85. The standard InChI is InChI=1S/C17H31N7O/c1-3-25-15-9-20-16(18-2)19-8-5-10-23-11-13-24(14-12-23)17-21-6-4-7-22-17/h4,6-7H,3,5,8-15H2,1-2H3,(H2,18,19,20). The first kappa shape index (κ1) is 19.4. The minimum absolute atomic E-state index is 0.701. The zero-order valence-electron chi connectivity index (χ0n) is 15.4. The fourth-order valence-electron chi connectivity index (χ4n) is 2.74. The lowest BCUT2D eigenvalue weighted by atomic mass is 10.3. The largest absolute Gasteiger partial charge is 0.380 e. The number of guanidine groups is 1. The first-order chi connectivity index (χ1) is 12.3. The molecule has 25 heavy (non-hydrogen) atoms. The van der Waals surface area contributed by atoms with Gasteiger partial charge in [-0.3, -0.25) is 9.89 Å². The third-order valence-corrected chi connectivity index (χ3v) is 4.12. The van der Waals surface area contributed by atoms with Gasteiger partial charge in [-0.15, -0.1) is 0 Å². The molecule has 1 saturated heterocycles. The number of nitrogens with one attached hydrogen (secondary N) is 2. The van der Waals surface area contributed by atoms with E-state index in [1.807, 2.05) is 13.0 Å². The fourth-order valence-corrected chi connectivity index (χ4v) is 2.74. The van der Waals surface area contributed by atoms with Gasteiger partial charge >= 0.3 is 0 Å². The molecular formula is C17H31N7O. The number of anilines is 1. The highest BCUT2D eigenvalue weighted by Gasteiger charge is 2.18. The molecule has 1 aromatic heterocycles. The van der Waals surface area contributed by atoms with Crippen LogP contribution in [0.25, 0.3) is 0 Å². The van der Waals surface area contributed by atoms with E-state index < -0.39 is 0 Å².